The molecule has 0 saturated heterocycles. The van der Waals surface area contributed by atoms with Crippen LogP contribution in [0.1, 0.15) is 0 Å². The standard InChI is InChI=1S/C7H8N4/c1-11-3-2-6(10-11)7-4-8-5-9-7/h2-5H,1H3,(H,8,9). The highest BCUT2D eigenvalue weighted by molar-refractivity contribution is 5.51. The number of H-pyrrole nitrogens is 1. The van der Waals surface area contributed by atoms with Crippen molar-refractivity contribution in [1.29, 1.82) is 0 Å². The zero-order chi connectivity index (χ0) is 7.68. The van der Waals surface area contributed by atoms with Crippen molar-refractivity contribution in [2.45, 2.75) is 0 Å². The lowest BCUT2D eigenvalue weighted by Gasteiger charge is -1.86. The molecule has 2 heterocycles. The van der Waals surface area contributed by atoms with Crippen LogP contribution in [0.2, 0.25) is 0 Å². The number of aromatic amines is 1. The summed E-state index contributed by atoms with van der Waals surface area (Å²) >= 11 is 0. The van der Waals surface area contributed by atoms with E-state index in [0.717, 1.165) is 11.4 Å². The number of hydrogen-bond acceptors (Lipinski definition) is 2. The fraction of sp³-hybridized carbons (Fsp3) is 0.143. The van der Waals surface area contributed by atoms with E-state index >= 15 is 0 Å². The molecule has 0 radical (unpaired) electrons. The fourth-order valence-corrected chi connectivity index (χ4v) is 0.952. The minimum atomic E-state index is 0.880. The second-order valence-corrected chi connectivity index (χ2v) is 2.33. The van der Waals surface area contributed by atoms with E-state index in [1.165, 1.54) is 0 Å². The number of aryl methyl sites for hydroxylation is 1. The fourth-order valence-electron chi connectivity index (χ4n) is 0.952. The van der Waals surface area contributed by atoms with Crippen LogP contribution in [0, 0.1) is 0 Å². The van der Waals surface area contributed by atoms with Gasteiger partial charge < -0.3 is 4.98 Å². The molecule has 4 heteroatoms. The zero-order valence-corrected chi connectivity index (χ0v) is 6.15. The van der Waals surface area contributed by atoms with Crippen LogP contribution in [0.25, 0.3) is 11.4 Å². The van der Waals surface area contributed by atoms with Crippen LogP contribution in [-0.2, 0) is 7.05 Å². The molecule has 0 aromatic carbocycles. The first-order valence-corrected chi connectivity index (χ1v) is 3.35. The van der Waals surface area contributed by atoms with Crippen molar-refractivity contribution in [3.05, 3.63) is 24.8 Å². The molecule has 2 aromatic rings. The molecule has 2 aromatic heterocycles. The first kappa shape index (κ1) is 6.15. The molecule has 0 bridgehead atoms. The van der Waals surface area contributed by atoms with Gasteiger partial charge in [0.25, 0.3) is 0 Å². The summed E-state index contributed by atoms with van der Waals surface area (Å²) in [4.78, 5) is 6.95. The number of hydrogen-bond donors (Lipinski definition) is 1. The van der Waals surface area contributed by atoms with Gasteiger partial charge in [0.2, 0.25) is 0 Å². The molecule has 0 fully saturated rings. The highest BCUT2D eigenvalue weighted by Gasteiger charge is 2.00. The van der Waals surface area contributed by atoms with Crippen molar-refractivity contribution in [2.75, 3.05) is 0 Å². The molecule has 2 rings (SSSR count). The van der Waals surface area contributed by atoms with E-state index in [9.17, 15) is 0 Å². The SMILES string of the molecule is Cn1ccc(-c2c[nH]cn2)n1. The van der Waals surface area contributed by atoms with Gasteiger partial charge in [0, 0.05) is 19.4 Å². The van der Waals surface area contributed by atoms with E-state index in [0.29, 0.717) is 0 Å². The van der Waals surface area contributed by atoms with Gasteiger partial charge >= 0.3 is 0 Å². The largest absolute Gasteiger partial charge is 0.351 e. The molecule has 0 spiro atoms. The monoisotopic (exact) mass is 148 g/mol. The van der Waals surface area contributed by atoms with Crippen LogP contribution in [0.3, 0.4) is 0 Å². The lowest BCUT2D eigenvalue weighted by molar-refractivity contribution is 0.770. The average molecular weight is 148 g/mol. The molecule has 4 nitrogen and oxygen atoms in total. The lowest BCUT2D eigenvalue weighted by atomic mass is 10.3. The first-order valence-electron chi connectivity index (χ1n) is 3.35. The van der Waals surface area contributed by atoms with Gasteiger partial charge in [0.05, 0.1) is 6.33 Å². The third kappa shape index (κ3) is 1.02. The lowest BCUT2D eigenvalue weighted by Crippen LogP contribution is -1.87. The Balaban J connectivity index is 2.45. The van der Waals surface area contributed by atoms with Crippen molar-refractivity contribution >= 4 is 0 Å². The minimum Gasteiger partial charge on any atom is -0.351 e. The molecular formula is C7H8N4. The summed E-state index contributed by atoms with van der Waals surface area (Å²) in [5.41, 5.74) is 1.78. The number of aromatic nitrogens is 4. The summed E-state index contributed by atoms with van der Waals surface area (Å²) in [5.74, 6) is 0. The average Bonchev–Trinajstić information content (AvgIpc) is 2.55. The molecule has 56 valence electrons. The summed E-state index contributed by atoms with van der Waals surface area (Å²) in [7, 11) is 1.89. The maximum Gasteiger partial charge on any atom is 0.112 e. The highest BCUT2D eigenvalue weighted by Crippen LogP contribution is 2.10. The van der Waals surface area contributed by atoms with E-state index in [2.05, 4.69) is 15.1 Å². The van der Waals surface area contributed by atoms with E-state index in [1.807, 2.05) is 25.5 Å². The summed E-state index contributed by atoms with van der Waals surface area (Å²) in [6, 6.07) is 1.93. The number of rotatable bonds is 1. The second kappa shape index (κ2) is 2.23. The summed E-state index contributed by atoms with van der Waals surface area (Å²) in [6.07, 6.45) is 5.36. The van der Waals surface area contributed by atoms with Crippen molar-refractivity contribution < 1.29 is 0 Å². The highest BCUT2D eigenvalue weighted by atomic mass is 15.2. The molecule has 11 heavy (non-hydrogen) atoms. The van der Waals surface area contributed by atoms with Crippen molar-refractivity contribution in [3.63, 3.8) is 0 Å². The summed E-state index contributed by atoms with van der Waals surface area (Å²) < 4.78 is 1.75. The van der Waals surface area contributed by atoms with Gasteiger partial charge in [-0.25, -0.2) is 4.98 Å². The molecule has 0 saturated carbocycles. The maximum absolute atomic E-state index is 4.19. The van der Waals surface area contributed by atoms with Crippen LogP contribution in [0.4, 0.5) is 0 Å². The van der Waals surface area contributed by atoms with Crippen LogP contribution < -0.4 is 0 Å². The quantitative estimate of drug-likeness (QED) is 0.650. The predicted octanol–water partition coefficient (Wildman–Crippen LogP) is 0.810. The van der Waals surface area contributed by atoms with Crippen molar-refractivity contribution in [3.8, 4) is 11.4 Å². The van der Waals surface area contributed by atoms with E-state index in [-0.39, 0.29) is 0 Å². The Hall–Kier alpha value is -1.58. The van der Waals surface area contributed by atoms with Gasteiger partial charge in [-0.15, -0.1) is 0 Å². The van der Waals surface area contributed by atoms with Gasteiger partial charge in [-0.1, -0.05) is 0 Å². The van der Waals surface area contributed by atoms with E-state index in [1.54, 1.807) is 11.0 Å². The third-order valence-corrected chi connectivity index (χ3v) is 1.47. The second-order valence-electron chi connectivity index (χ2n) is 2.33. The number of nitrogens with zero attached hydrogens (tertiary/aromatic N) is 3. The van der Waals surface area contributed by atoms with Crippen molar-refractivity contribution in [2.24, 2.45) is 7.05 Å². The molecule has 0 atom stereocenters. The Morgan fingerprint density at radius 3 is 2.91 bits per heavy atom. The zero-order valence-electron chi connectivity index (χ0n) is 6.15. The smallest absolute Gasteiger partial charge is 0.112 e. The third-order valence-electron chi connectivity index (χ3n) is 1.47. The Labute approximate surface area is 63.9 Å². The van der Waals surface area contributed by atoms with Gasteiger partial charge in [0.15, 0.2) is 0 Å². The minimum absolute atomic E-state index is 0.880. The Kier molecular flexibility index (Phi) is 1.25. The molecule has 0 amide bonds. The Bertz CT molecular complexity index is 333. The number of nitrogens with one attached hydrogen (secondary N) is 1. The van der Waals surface area contributed by atoms with Crippen LogP contribution in [-0.4, -0.2) is 19.7 Å². The predicted molar refractivity (Wildman–Crippen MR) is 40.8 cm³/mol. The van der Waals surface area contributed by atoms with Gasteiger partial charge in [-0.2, -0.15) is 5.10 Å². The number of imidazole rings is 1. The van der Waals surface area contributed by atoms with Gasteiger partial charge in [0.1, 0.15) is 11.4 Å². The van der Waals surface area contributed by atoms with Crippen LogP contribution in [0.15, 0.2) is 24.8 Å². The normalized spacial score (nSPS) is 10.3. The van der Waals surface area contributed by atoms with Crippen LogP contribution in [0.5, 0.6) is 0 Å². The van der Waals surface area contributed by atoms with Crippen molar-refractivity contribution in [1.82, 2.24) is 19.7 Å². The molecule has 0 aliphatic heterocycles. The maximum atomic E-state index is 4.19. The summed E-state index contributed by atoms with van der Waals surface area (Å²) in [5, 5.41) is 4.19. The topological polar surface area (TPSA) is 46.5 Å². The summed E-state index contributed by atoms with van der Waals surface area (Å²) in [6.45, 7) is 0. The van der Waals surface area contributed by atoms with E-state index < -0.39 is 0 Å². The molecular weight excluding hydrogens is 140 g/mol. The molecule has 0 aliphatic rings. The Morgan fingerprint density at radius 1 is 1.45 bits per heavy atom. The molecule has 0 aliphatic carbocycles. The molecule has 1 N–H and O–H groups in total. The Morgan fingerprint density at radius 2 is 2.36 bits per heavy atom. The molecule has 0 unspecified atom stereocenters. The van der Waals surface area contributed by atoms with Gasteiger partial charge in [-0.05, 0) is 6.07 Å². The van der Waals surface area contributed by atoms with Crippen LogP contribution >= 0.6 is 0 Å². The van der Waals surface area contributed by atoms with E-state index in [4.69, 9.17) is 0 Å². The van der Waals surface area contributed by atoms with Gasteiger partial charge in [-0.3, -0.25) is 4.68 Å². The first-order chi connectivity index (χ1) is 5.36.